The van der Waals surface area contributed by atoms with Crippen LogP contribution in [0, 0.1) is 18.7 Å². The lowest BCUT2D eigenvalue weighted by atomic mass is 10.1. The first-order valence-corrected chi connectivity index (χ1v) is 14.0. The number of likely N-dealkylation sites (N-methyl/N-ethyl adjacent to an activating group) is 1. The highest BCUT2D eigenvalue weighted by Crippen LogP contribution is 2.34. The smallest absolute Gasteiger partial charge is 0.274 e. The number of imidazole rings is 1. The molecule has 0 bridgehead atoms. The van der Waals surface area contributed by atoms with Crippen LogP contribution in [0.4, 0.5) is 10.1 Å². The van der Waals surface area contributed by atoms with Crippen molar-refractivity contribution in [3.05, 3.63) is 63.9 Å². The highest BCUT2D eigenvalue weighted by atomic mass is 19.1. The van der Waals surface area contributed by atoms with Crippen LogP contribution in [-0.2, 0) is 32.0 Å². The van der Waals surface area contributed by atoms with E-state index in [0.29, 0.717) is 35.8 Å². The summed E-state index contributed by atoms with van der Waals surface area (Å²) in [4.78, 5) is 52.0. The Hall–Kier alpha value is -3.94. The second-order valence-electron chi connectivity index (χ2n) is 11.0. The first-order chi connectivity index (χ1) is 20.1. The Kier molecular flexibility index (Phi) is 8.80. The number of allylic oxidation sites excluding steroid dienone is 1. The minimum Gasteiger partial charge on any atom is -0.352 e. The fourth-order valence-electron chi connectivity index (χ4n) is 4.70. The SMILES string of the molecule is COC1OC1N[C@@H](CC/C=C/C(=O)N(C)C)C(=O)Nc1ccc(C)n(Cc2nc3c(F)cnc(CC4CC4)c3[nH]2)c1=O. The van der Waals surface area contributed by atoms with Crippen molar-refractivity contribution < 1.29 is 23.5 Å². The fraction of sp³-hybridized carbons (Fsp3) is 0.483. The Balaban J connectivity index is 1.32. The number of hydrogen-bond donors (Lipinski definition) is 3. The fourth-order valence-corrected chi connectivity index (χ4v) is 4.70. The highest BCUT2D eigenvalue weighted by Gasteiger charge is 2.41. The minimum absolute atomic E-state index is 0.0587. The number of methoxy groups -OCH3 is 1. The molecule has 1 saturated heterocycles. The van der Waals surface area contributed by atoms with Gasteiger partial charge in [-0.2, -0.15) is 0 Å². The van der Waals surface area contributed by atoms with Crippen molar-refractivity contribution in [1.82, 2.24) is 29.7 Å². The second kappa shape index (κ2) is 12.5. The number of aromatic amines is 1. The van der Waals surface area contributed by atoms with Crippen molar-refractivity contribution >= 4 is 28.5 Å². The van der Waals surface area contributed by atoms with Crippen LogP contribution in [0.15, 0.2) is 35.3 Å². The molecule has 3 aromatic heterocycles. The van der Waals surface area contributed by atoms with Gasteiger partial charge in [0.25, 0.3) is 5.56 Å². The zero-order valence-corrected chi connectivity index (χ0v) is 24.1. The number of hydrogen-bond acceptors (Lipinski definition) is 8. The number of H-pyrrole nitrogens is 1. The quantitative estimate of drug-likeness (QED) is 0.206. The lowest BCUT2D eigenvalue weighted by Gasteiger charge is -2.18. The van der Waals surface area contributed by atoms with E-state index in [0.717, 1.165) is 25.0 Å². The van der Waals surface area contributed by atoms with Gasteiger partial charge in [-0.1, -0.05) is 6.08 Å². The van der Waals surface area contributed by atoms with Crippen LogP contribution in [0.3, 0.4) is 0 Å². The van der Waals surface area contributed by atoms with E-state index in [4.69, 9.17) is 9.47 Å². The molecule has 2 aliphatic rings. The largest absolute Gasteiger partial charge is 0.352 e. The molecule has 0 spiro atoms. The molecule has 0 radical (unpaired) electrons. The molecular formula is C29H36FN7O5. The van der Waals surface area contributed by atoms with Gasteiger partial charge in [0.2, 0.25) is 11.8 Å². The molecule has 0 aromatic carbocycles. The molecule has 1 aliphatic carbocycles. The first kappa shape index (κ1) is 29.5. The molecular weight excluding hydrogens is 545 g/mol. The summed E-state index contributed by atoms with van der Waals surface area (Å²) in [6, 6.07) is 2.56. The summed E-state index contributed by atoms with van der Waals surface area (Å²) in [7, 11) is 4.82. The molecule has 12 nitrogen and oxygen atoms in total. The van der Waals surface area contributed by atoms with Crippen LogP contribution in [0.5, 0.6) is 0 Å². The van der Waals surface area contributed by atoms with E-state index in [1.165, 1.54) is 28.8 Å². The number of fused-ring (bicyclic) bond motifs is 1. The van der Waals surface area contributed by atoms with Crippen LogP contribution in [0.1, 0.15) is 42.9 Å². The predicted molar refractivity (Wildman–Crippen MR) is 153 cm³/mol. The highest BCUT2D eigenvalue weighted by molar-refractivity contribution is 5.94. The van der Waals surface area contributed by atoms with E-state index in [-0.39, 0.29) is 23.7 Å². The molecule has 5 rings (SSSR count). The minimum atomic E-state index is -0.723. The lowest BCUT2D eigenvalue weighted by Crippen LogP contribution is -2.43. The van der Waals surface area contributed by atoms with Crippen LogP contribution in [0.25, 0.3) is 11.0 Å². The molecule has 1 saturated carbocycles. The van der Waals surface area contributed by atoms with Crippen LogP contribution >= 0.6 is 0 Å². The number of carbonyl (C=O) groups excluding carboxylic acids is 2. The molecule has 3 N–H and O–H groups in total. The van der Waals surface area contributed by atoms with Gasteiger partial charge in [-0.25, -0.2) is 9.37 Å². The summed E-state index contributed by atoms with van der Waals surface area (Å²) in [5, 5.41) is 5.84. The monoisotopic (exact) mass is 581 g/mol. The third kappa shape index (κ3) is 6.92. The summed E-state index contributed by atoms with van der Waals surface area (Å²) < 4.78 is 26.5. The number of nitrogens with one attached hydrogen (secondary N) is 3. The molecule has 1 aliphatic heterocycles. The van der Waals surface area contributed by atoms with E-state index in [9.17, 15) is 18.8 Å². The standard InChI is InChI=1S/C29H36FN7O5/c1-16-9-12-20(32-26(39)19(33-27-29(41-4)42-27)7-5-6-8-23(38)36(2)3)28(40)37(16)15-22-34-24-18(30)14-31-21(25(24)35-22)13-17-10-11-17/h6,8-9,12,14,17,19,27,29,33H,5,7,10-11,13,15H2,1-4H3,(H,32,39)(H,34,35)/b8-6+/t19-,27?,29?/m0/s1. The zero-order valence-electron chi connectivity index (χ0n) is 24.1. The summed E-state index contributed by atoms with van der Waals surface area (Å²) >= 11 is 0. The van der Waals surface area contributed by atoms with Crippen molar-refractivity contribution in [2.24, 2.45) is 5.92 Å². The molecule has 2 amide bonds. The average Bonchev–Trinajstić information content (AvgIpc) is 3.89. The van der Waals surface area contributed by atoms with Crippen LogP contribution in [-0.4, -0.2) is 76.0 Å². The summed E-state index contributed by atoms with van der Waals surface area (Å²) in [6.45, 7) is 1.83. The van der Waals surface area contributed by atoms with Crippen molar-refractivity contribution in [3.8, 4) is 0 Å². The van der Waals surface area contributed by atoms with E-state index in [1.807, 2.05) is 0 Å². The Morgan fingerprint density at radius 1 is 1.33 bits per heavy atom. The summed E-state index contributed by atoms with van der Waals surface area (Å²) in [5.41, 5.74) is 1.85. The van der Waals surface area contributed by atoms with Crippen molar-refractivity contribution in [1.29, 1.82) is 0 Å². The average molecular weight is 582 g/mol. The van der Waals surface area contributed by atoms with E-state index >= 15 is 0 Å². The Morgan fingerprint density at radius 3 is 2.81 bits per heavy atom. The molecule has 42 heavy (non-hydrogen) atoms. The predicted octanol–water partition coefficient (Wildman–Crippen LogP) is 2.22. The van der Waals surface area contributed by atoms with Gasteiger partial charge in [-0.05, 0) is 63.2 Å². The normalized spacial score (nSPS) is 18.9. The Morgan fingerprint density at radius 2 is 2.12 bits per heavy atom. The number of ether oxygens (including phenoxy) is 2. The van der Waals surface area contributed by atoms with Gasteiger partial charge in [0, 0.05) is 26.9 Å². The molecule has 2 unspecified atom stereocenters. The van der Waals surface area contributed by atoms with Gasteiger partial charge in [0.1, 0.15) is 17.0 Å². The number of amides is 2. The van der Waals surface area contributed by atoms with Gasteiger partial charge in [0.15, 0.2) is 18.3 Å². The maximum Gasteiger partial charge on any atom is 0.274 e. The number of carbonyl (C=O) groups is 2. The summed E-state index contributed by atoms with van der Waals surface area (Å²) in [5.74, 6) is -0.131. The van der Waals surface area contributed by atoms with E-state index in [2.05, 4.69) is 25.6 Å². The maximum atomic E-state index is 14.5. The van der Waals surface area contributed by atoms with Crippen LogP contribution < -0.4 is 16.2 Å². The second-order valence-corrected chi connectivity index (χ2v) is 11.0. The molecule has 2 fully saturated rings. The van der Waals surface area contributed by atoms with Gasteiger partial charge in [-0.3, -0.25) is 24.7 Å². The number of nitrogens with zero attached hydrogens (tertiary/aromatic N) is 4. The maximum absolute atomic E-state index is 14.5. The number of rotatable bonds is 13. The number of aromatic nitrogens is 4. The molecule has 4 heterocycles. The third-order valence-corrected chi connectivity index (χ3v) is 7.43. The Labute approximate surface area is 242 Å². The number of anilines is 1. The molecule has 224 valence electrons. The molecule has 3 atom stereocenters. The van der Waals surface area contributed by atoms with Gasteiger partial charge in [-0.15, -0.1) is 0 Å². The number of aryl methyl sites for hydroxylation is 1. The number of epoxide rings is 1. The number of halogens is 1. The first-order valence-electron chi connectivity index (χ1n) is 14.0. The lowest BCUT2D eigenvalue weighted by molar-refractivity contribution is -0.123. The zero-order chi connectivity index (χ0) is 30.0. The van der Waals surface area contributed by atoms with Gasteiger partial charge >= 0.3 is 0 Å². The Bertz CT molecular complexity index is 1560. The van der Waals surface area contributed by atoms with Crippen LogP contribution in [0.2, 0.25) is 0 Å². The summed E-state index contributed by atoms with van der Waals surface area (Å²) in [6.07, 6.45) is 7.25. The van der Waals surface area contributed by atoms with Gasteiger partial charge in [0.05, 0.1) is 30.0 Å². The van der Waals surface area contributed by atoms with Gasteiger partial charge < -0.3 is 29.2 Å². The van der Waals surface area contributed by atoms with E-state index in [1.54, 1.807) is 39.2 Å². The van der Waals surface area contributed by atoms with E-state index < -0.39 is 35.8 Å². The topological polar surface area (TPSA) is 147 Å². The third-order valence-electron chi connectivity index (χ3n) is 7.43. The van der Waals surface area contributed by atoms with Crippen molar-refractivity contribution in [2.75, 3.05) is 26.5 Å². The van der Waals surface area contributed by atoms with Crippen molar-refractivity contribution in [3.63, 3.8) is 0 Å². The number of pyridine rings is 2. The molecule has 13 heteroatoms. The van der Waals surface area contributed by atoms with Crippen molar-refractivity contribution in [2.45, 2.75) is 64.1 Å². The molecule has 3 aromatic rings.